The quantitative estimate of drug-likeness (QED) is 0.733. The highest BCUT2D eigenvalue weighted by Crippen LogP contribution is 2.29. The molecule has 0 amide bonds. The average Bonchev–Trinajstić information content (AvgIpc) is 2.17. The molecule has 0 saturated carbocycles. The number of hydrogen-bond acceptors (Lipinski definition) is 3. The Labute approximate surface area is 84.1 Å². The van der Waals surface area contributed by atoms with Crippen molar-refractivity contribution in [1.29, 1.82) is 5.26 Å². The number of carbonyl (C=O) groups is 1. The van der Waals surface area contributed by atoms with Crippen molar-refractivity contribution in [2.45, 2.75) is 26.2 Å². The summed E-state index contributed by atoms with van der Waals surface area (Å²) in [5, 5.41) is 17.4. The summed E-state index contributed by atoms with van der Waals surface area (Å²) in [5.74, 6) is -0.751. The number of carboxylic acids is 1. The lowest BCUT2D eigenvalue weighted by Gasteiger charge is -2.34. The van der Waals surface area contributed by atoms with Crippen molar-refractivity contribution in [1.82, 2.24) is 4.90 Å². The predicted molar refractivity (Wildman–Crippen MR) is 51.6 cm³/mol. The van der Waals surface area contributed by atoms with Crippen LogP contribution in [0.3, 0.4) is 0 Å². The van der Waals surface area contributed by atoms with E-state index >= 15 is 0 Å². The fourth-order valence-electron chi connectivity index (χ4n) is 1.64. The first-order valence-electron chi connectivity index (χ1n) is 4.91. The summed E-state index contributed by atoms with van der Waals surface area (Å²) in [4.78, 5) is 12.5. The molecule has 4 heteroatoms. The highest BCUT2D eigenvalue weighted by molar-refractivity contribution is 5.66. The second-order valence-electron chi connectivity index (χ2n) is 4.16. The second-order valence-corrected chi connectivity index (χ2v) is 4.16. The van der Waals surface area contributed by atoms with Gasteiger partial charge in [0.25, 0.3) is 0 Å². The minimum atomic E-state index is -0.751. The maximum absolute atomic E-state index is 10.3. The first kappa shape index (κ1) is 11.0. The molecule has 1 aliphatic rings. The van der Waals surface area contributed by atoms with Crippen LogP contribution in [-0.2, 0) is 4.79 Å². The van der Waals surface area contributed by atoms with Gasteiger partial charge in [-0.25, -0.2) is 0 Å². The smallest absolute Gasteiger partial charge is 0.304 e. The number of nitriles is 1. The van der Waals surface area contributed by atoms with E-state index in [1.54, 1.807) is 0 Å². The van der Waals surface area contributed by atoms with Crippen molar-refractivity contribution in [2.24, 2.45) is 5.41 Å². The number of aliphatic carboxylic acids is 1. The molecule has 0 aromatic heterocycles. The zero-order valence-corrected chi connectivity index (χ0v) is 8.49. The third-order valence-corrected chi connectivity index (χ3v) is 2.87. The molecule has 1 saturated heterocycles. The van der Waals surface area contributed by atoms with Crippen LogP contribution in [0.2, 0.25) is 0 Å². The Morgan fingerprint density at radius 3 is 2.57 bits per heavy atom. The van der Waals surface area contributed by atoms with Gasteiger partial charge in [-0.2, -0.15) is 5.26 Å². The van der Waals surface area contributed by atoms with Gasteiger partial charge >= 0.3 is 5.97 Å². The molecule has 0 spiro atoms. The molecule has 1 heterocycles. The SMILES string of the molecule is CC1(C#N)CCN(CCC(=O)O)CC1. The van der Waals surface area contributed by atoms with Crippen LogP contribution in [0.15, 0.2) is 0 Å². The van der Waals surface area contributed by atoms with E-state index in [9.17, 15) is 4.79 Å². The lowest BCUT2D eigenvalue weighted by Crippen LogP contribution is -2.38. The summed E-state index contributed by atoms with van der Waals surface area (Å²) in [6, 6.07) is 2.32. The lowest BCUT2D eigenvalue weighted by molar-refractivity contribution is -0.137. The fourth-order valence-corrected chi connectivity index (χ4v) is 1.64. The molecule has 0 aromatic rings. The maximum atomic E-state index is 10.3. The van der Waals surface area contributed by atoms with Crippen LogP contribution in [-0.4, -0.2) is 35.6 Å². The number of likely N-dealkylation sites (tertiary alicyclic amines) is 1. The molecule has 14 heavy (non-hydrogen) atoms. The molecule has 1 N–H and O–H groups in total. The standard InChI is InChI=1S/C10H16N2O2/c1-10(8-11)3-6-12(7-4-10)5-2-9(13)14/h2-7H2,1H3,(H,13,14). The van der Waals surface area contributed by atoms with E-state index in [-0.39, 0.29) is 11.8 Å². The van der Waals surface area contributed by atoms with Crippen LogP contribution in [0, 0.1) is 16.7 Å². The minimum absolute atomic E-state index is 0.195. The van der Waals surface area contributed by atoms with Crippen LogP contribution in [0.5, 0.6) is 0 Å². The molecule has 0 aromatic carbocycles. The molecule has 1 aliphatic heterocycles. The van der Waals surface area contributed by atoms with Gasteiger partial charge in [0.1, 0.15) is 0 Å². The van der Waals surface area contributed by atoms with Crippen molar-refractivity contribution >= 4 is 5.97 Å². The Balaban J connectivity index is 2.30. The highest BCUT2D eigenvalue weighted by atomic mass is 16.4. The van der Waals surface area contributed by atoms with E-state index < -0.39 is 5.97 Å². The summed E-state index contributed by atoms with van der Waals surface area (Å²) in [7, 11) is 0. The maximum Gasteiger partial charge on any atom is 0.304 e. The molecule has 0 radical (unpaired) electrons. The Bertz CT molecular complexity index is 249. The Hall–Kier alpha value is -1.08. The zero-order chi connectivity index (χ0) is 10.6. The second kappa shape index (κ2) is 4.43. The molecule has 0 atom stereocenters. The number of carboxylic acid groups (broad SMARTS) is 1. The molecule has 78 valence electrons. The topological polar surface area (TPSA) is 64.3 Å². The Kier molecular flexibility index (Phi) is 3.48. The van der Waals surface area contributed by atoms with Crippen LogP contribution in [0.4, 0.5) is 0 Å². The predicted octanol–water partition coefficient (Wildman–Crippen LogP) is 1.09. The molecule has 0 bridgehead atoms. The minimum Gasteiger partial charge on any atom is -0.481 e. The van der Waals surface area contributed by atoms with E-state index in [4.69, 9.17) is 10.4 Å². The fraction of sp³-hybridized carbons (Fsp3) is 0.800. The largest absolute Gasteiger partial charge is 0.481 e. The van der Waals surface area contributed by atoms with Gasteiger partial charge < -0.3 is 10.0 Å². The van der Waals surface area contributed by atoms with Crippen molar-refractivity contribution in [3.05, 3.63) is 0 Å². The van der Waals surface area contributed by atoms with Crippen molar-refractivity contribution in [3.8, 4) is 6.07 Å². The molecule has 1 rings (SSSR count). The summed E-state index contributed by atoms with van der Waals surface area (Å²) < 4.78 is 0. The van der Waals surface area contributed by atoms with E-state index in [1.165, 1.54) is 0 Å². The summed E-state index contributed by atoms with van der Waals surface area (Å²) in [5.41, 5.74) is -0.195. The van der Waals surface area contributed by atoms with Crippen LogP contribution >= 0.6 is 0 Å². The van der Waals surface area contributed by atoms with Crippen LogP contribution < -0.4 is 0 Å². The molecule has 0 aliphatic carbocycles. The number of piperidine rings is 1. The van der Waals surface area contributed by atoms with E-state index in [0.717, 1.165) is 25.9 Å². The van der Waals surface area contributed by atoms with Crippen LogP contribution in [0.25, 0.3) is 0 Å². The van der Waals surface area contributed by atoms with Gasteiger partial charge in [-0.05, 0) is 32.9 Å². The van der Waals surface area contributed by atoms with E-state index in [1.807, 2.05) is 6.92 Å². The van der Waals surface area contributed by atoms with Crippen molar-refractivity contribution in [3.63, 3.8) is 0 Å². The summed E-state index contributed by atoms with van der Waals surface area (Å²) in [6.45, 7) is 4.27. The van der Waals surface area contributed by atoms with E-state index in [2.05, 4.69) is 11.0 Å². The van der Waals surface area contributed by atoms with Gasteiger partial charge in [0, 0.05) is 6.54 Å². The molecule has 1 fully saturated rings. The average molecular weight is 196 g/mol. The van der Waals surface area contributed by atoms with Gasteiger partial charge in [0.15, 0.2) is 0 Å². The van der Waals surface area contributed by atoms with Gasteiger partial charge in [-0.3, -0.25) is 4.79 Å². The molecule has 0 unspecified atom stereocenters. The summed E-state index contributed by atoms with van der Waals surface area (Å²) >= 11 is 0. The molecular formula is C10H16N2O2. The van der Waals surface area contributed by atoms with Gasteiger partial charge in [-0.15, -0.1) is 0 Å². The monoisotopic (exact) mass is 196 g/mol. The van der Waals surface area contributed by atoms with E-state index in [0.29, 0.717) is 6.54 Å². The summed E-state index contributed by atoms with van der Waals surface area (Å²) in [6.07, 6.45) is 1.90. The zero-order valence-electron chi connectivity index (χ0n) is 8.49. The molecule has 4 nitrogen and oxygen atoms in total. The highest BCUT2D eigenvalue weighted by Gasteiger charge is 2.29. The first-order valence-corrected chi connectivity index (χ1v) is 4.91. The third-order valence-electron chi connectivity index (χ3n) is 2.87. The lowest BCUT2D eigenvalue weighted by atomic mass is 9.82. The molecular weight excluding hydrogens is 180 g/mol. The van der Waals surface area contributed by atoms with Gasteiger partial charge in [0.2, 0.25) is 0 Å². The Morgan fingerprint density at radius 1 is 1.57 bits per heavy atom. The van der Waals surface area contributed by atoms with Crippen molar-refractivity contribution in [2.75, 3.05) is 19.6 Å². The first-order chi connectivity index (χ1) is 6.56. The van der Waals surface area contributed by atoms with Gasteiger partial charge in [-0.1, -0.05) is 0 Å². The number of nitrogens with zero attached hydrogens (tertiary/aromatic N) is 2. The number of rotatable bonds is 3. The van der Waals surface area contributed by atoms with Crippen LogP contribution in [0.1, 0.15) is 26.2 Å². The third kappa shape index (κ3) is 3.00. The number of hydrogen-bond donors (Lipinski definition) is 1. The van der Waals surface area contributed by atoms with Crippen molar-refractivity contribution < 1.29 is 9.90 Å². The van der Waals surface area contributed by atoms with Gasteiger partial charge in [0.05, 0.1) is 17.9 Å². The Morgan fingerprint density at radius 2 is 2.14 bits per heavy atom. The normalized spacial score (nSPS) is 21.4.